The number of carbonyl (C=O) groups is 2. The largest absolute Gasteiger partial charge is 0.289 e. The molecule has 2 amide bonds. The van der Waals surface area contributed by atoms with E-state index in [1.807, 2.05) is 0 Å². The lowest BCUT2D eigenvalue weighted by molar-refractivity contribution is -0.129. The van der Waals surface area contributed by atoms with Crippen LogP contribution in [-0.2, 0) is 4.79 Å². The predicted molar refractivity (Wildman–Crippen MR) is 56.2 cm³/mol. The maximum Gasteiger partial charge on any atom is 0.267 e. The van der Waals surface area contributed by atoms with Crippen LogP contribution in [0.25, 0.3) is 0 Å². The molecule has 0 unspecified atom stereocenters. The average molecular weight is 223 g/mol. The van der Waals surface area contributed by atoms with Crippen LogP contribution in [0, 0.1) is 0 Å². The predicted octanol–water partition coefficient (Wildman–Crippen LogP) is -0.102. The zero-order valence-electron chi connectivity index (χ0n) is 8.59. The van der Waals surface area contributed by atoms with Crippen molar-refractivity contribution in [3.05, 3.63) is 35.9 Å². The van der Waals surface area contributed by atoms with E-state index in [1.165, 1.54) is 5.48 Å². The Morgan fingerprint density at radius 2 is 1.94 bits per heavy atom. The van der Waals surface area contributed by atoms with Crippen LogP contribution >= 0.6 is 0 Å². The van der Waals surface area contributed by atoms with Gasteiger partial charge in [-0.25, -0.2) is 11.3 Å². The second-order valence-electron chi connectivity index (χ2n) is 3.15. The summed E-state index contributed by atoms with van der Waals surface area (Å²) in [6, 6.07) is 8.50. The summed E-state index contributed by atoms with van der Waals surface area (Å²) in [4.78, 5) is 22.4. The lowest BCUT2D eigenvalue weighted by Gasteiger charge is -2.15. The highest BCUT2D eigenvalue weighted by atomic mass is 16.5. The standard InChI is InChI=1S/C10H13N3O3/c11-13(7-6-9(14)12-16)10(15)8-4-2-1-3-5-8/h1-5,16H,6-7,11H2,(H,12,14). The highest BCUT2D eigenvalue weighted by Crippen LogP contribution is 2.01. The molecule has 0 aliphatic heterocycles. The van der Waals surface area contributed by atoms with Crippen LogP contribution in [-0.4, -0.2) is 28.6 Å². The van der Waals surface area contributed by atoms with Gasteiger partial charge in [-0.1, -0.05) is 18.2 Å². The summed E-state index contributed by atoms with van der Waals surface area (Å²) in [7, 11) is 0. The van der Waals surface area contributed by atoms with Gasteiger partial charge in [0.1, 0.15) is 0 Å². The van der Waals surface area contributed by atoms with Gasteiger partial charge in [0.2, 0.25) is 5.91 Å². The van der Waals surface area contributed by atoms with E-state index in [2.05, 4.69) is 0 Å². The Balaban J connectivity index is 2.52. The van der Waals surface area contributed by atoms with E-state index in [0.717, 1.165) is 5.01 Å². The van der Waals surface area contributed by atoms with E-state index < -0.39 is 5.91 Å². The van der Waals surface area contributed by atoms with E-state index in [4.69, 9.17) is 11.0 Å². The van der Waals surface area contributed by atoms with Gasteiger partial charge in [0, 0.05) is 18.5 Å². The number of benzene rings is 1. The molecule has 4 N–H and O–H groups in total. The second-order valence-corrected chi connectivity index (χ2v) is 3.15. The van der Waals surface area contributed by atoms with Gasteiger partial charge in [-0.05, 0) is 12.1 Å². The maximum absolute atomic E-state index is 11.7. The molecule has 0 aliphatic carbocycles. The Morgan fingerprint density at radius 1 is 1.31 bits per heavy atom. The molecule has 0 atom stereocenters. The number of hydrogen-bond donors (Lipinski definition) is 3. The van der Waals surface area contributed by atoms with Crippen LogP contribution in [0.2, 0.25) is 0 Å². The highest BCUT2D eigenvalue weighted by Gasteiger charge is 2.12. The Morgan fingerprint density at radius 3 is 2.50 bits per heavy atom. The number of nitrogens with two attached hydrogens (primary N) is 1. The van der Waals surface area contributed by atoms with Crippen molar-refractivity contribution in [1.29, 1.82) is 0 Å². The number of hydrazine groups is 1. The molecular weight excluding hydrogens is 210 g/mol. The first-order valence-corrected chi connectivity index (χ1v) is 4.69. The van der Waals surface area contributed by atoms with Crippen LogP contribution in [0.4, 0.5) is 0 Å². The first-order chi connectivity index (χ1) is 7.65. The number of hydroxylamine groups is 1. The van der Waals surface area contributed by atoms with Gasteiger partial charge in [0.25, 0.3) is 5.91 Å². The van der Waals surface area contributed by atoms with Crippen molar-refractivity contribution in [3.8, 4) is 0 Å². The van der Waals surface area contributed by atoms with E-state index in [1.54, 1.807) is 30.3 Å². The zero-order chi connectivity index (χ0) is 12.0. The Hall–Kier alpha value is -1.92. The van der Waals surface area contributed by atoms with Crippen LogP contribution in [0.5, 0.6) is 0 Å². The van der Waals surface area contributed by atoms with Crippen molar-refractivity contribution in [3.63, 3.8) is 0 Å². The molecular formula is C10H13N3O3. The highest BCUT2D eigenvalue weighted by molar-refractivity contribution is 5.94. The van der Waals surface area contributed by atoms with Crippen LogP contribution in [0.15, 0.2) is 30.3 Å². The minimum Gasteiger partial charge on any atom is -0.289 e. The second kappa shape index (κ2) is 5.84. The van der Waals surface area contributed by atoms with Gasteiger partial charge >= 0.3 is 0 Å². The molecule has 1 rings (SSSR count). The van der Waals surface area contributed by atoms with Gasteiger partial charge in [-0.3, -0.25) is 19.8 Å². The zero-order valence-corrected chi connectivity index (χ0v) is 8.59. The Kier molecular flexibility index (Phi) is 4.43. The molecule has 86 valence electrons. The molecule has 0 saturated carbocycles. The Labute approximate surface area is 92.6 Å². The summed E-state index contributed by atoms with van der Waals surface area (Å²) in [6.45, 7) is 0.0418. The third-order valence-electron chi connectivity index (χ3n) is 1.99. The summed E-state index contributed by atoms with van der Waals surface area (Å²) in [5.74, 6) is 4.52. The molecule has 6 nitrogen and oxygen atoms in total. The molecule has 0 radical (unpaired) electrons. The fraction of sp³-hybridized carbons (Fsp3) is 0.200. The minimum absolute atomic E-state index is 0.0418. The van der Waals surface area contributed by atoms with Gasteiger partial charge in [0.15, 0.2) is 0 Å². The molecule has 0 spiro atoms. The first-order valence-electron chi connectivity index (χ1n) is 4.69. The van der Waals surface area contributed by atoms with E-state index in [9.17, 15) is 9.59 Å². The molecule has 1 aromatic carbocycles. The summed E-state index contributed by atoms with van der Waals surface area (Å²) in [5.41, 5.74) is 1.92. The van der Waals surface area contributed by atoms with Gasteiger partial charge in [0.05, 0.1) is 0 Å². The Bertz CT molecular complexity index is 367. The van der Waals surface area contributed by atoms with Gasteiger partial charge in [-0.15, -0.1) is 0 Å². The monoisotopic (exact) mass is 223 g/mol. The topological polar surface area (TPSA) is 95.7 Å². The van der Waals surface area contributed by atoms with Crippen LogP contribution in [0.1, 0.15) is 16.8 Å². The number of hydrogen-bond acceptors (Lipinski definition) is 4. The van der Waals surface area contributed by atoms with Crippen LogP contribution in [0.3, 0.4) is 0 Å². The normalized spacial score (nSPS) is 9.62. The minimum atomic E-state index is -0.587. The fourth-order valence-corrected chi connectivity index (χ4v) is 1.13. The number of amides is 2. The summed E-state index contributed by atoms with van der Waals surface area (Å²) >= 11 is 0. The summed E-state index contributed by atoms with van der Waals surface area (Å²) in [6.07, 6.45) is -0.0500. The quantitative estimate of drug-likeness (QED) is 0.287. The molecule has 16 heavy (non-hydrogen) atoms. The maximum atomic E-state index is 11.7. The number of nitrogens with zero attached hydrogens (tertiary/aromatic N) is 1. The van der Waals surface area contributed by atoms with E-state index in [0.29, 0.717) is 5.56 Å². The number of nitrogens with one attached hydrogen (secondary N) is 1. The SMILES string of the molecule is NN(CCC(=O)NO)C(=O)c1ccccc1. The number of rotatable bonds is 4. The van der Waals surface area contributed by atoms with E-state index in [-0.39, 0.29) is 18.9 Å². The van der Waals surface area contributed by atoms with Gasteiger partial charge in [-0.2, -0.15) is 0 Å². The third kappa shape index (κ3) is 3.34. The molecule has 0 bridgehead atoms. The molecule has 0 aromatic heterocycles. The lowest BCUT2D eigenvalue weighted by atomic mass is 10.2. The van der Waals surface area contributed by atoms with Crippen molar-refractivity contribution in [2.45, 2.75) is 6.42 Å². The van der Waals surface area contributed by atoms with Crippen LogP contribution < -0.4 is 11.3 Å². The molecule has 0 saturated heterocycles. The van der Waals surface area contributed by atoms with Crippen molar-refractivity contribution < 1.29 is 14.8 Å². The smallest absolute Gasteiger partial charge is 0.267 e. The molecule has 6 heteroatoms. The fourth-order valence-electron chi connectivity index (χ4n) is 1.13. The first kappa shape index (κ1) is 12.2. The van der Waals surface area contributed by atoms with Crippen molar-refractivity contribution in [2.75, 3.05) is 6.54 Å². The summed E-state index contributed by atoms with van der Waals surface area (Å²) < 4.78 is 0. The molecule has 0 aliphatic rings. The number of carbonyl (C=O) groups excluding carboxylic acids is 2. The summed E-state index contributed by atoms with van der Waals surface area (Å²) in [5, 5.41) is 9.19. The third-order valence-corrected chi connectivity index (χ3v) is 1.99. The molecule has 0 fully saturated rings. The van der Waals surface area contributed by atoms with Crippen molar-refractivity contribution in [1.82, 2.24) is 10.5 Å². The van der Waals surface area contributed by atoms with Gasteiger partial charge < -0.3 is 0 Å². The van der Waals surface area contributed by atoms with E-state index >= 15 is 0 Å². The molecule has 1 aromatic rings. The van der Waals surface area contributed by atoms with Crippen molar-refractivity contribution >= 4 is 11.8 Å². The average Bonchev–Trinajstić information content (AvgIpc) is 2.35. The lowest BCUT2D eigenvalue weighted by Crippen LogP contribution is -2.39. The van der Waals surface area contributed by atoms with Crippen molar-refractivity contribution in [2.24, 2.45) is 5.84 Å². The molecule has 0 heterocycles.